The van der Waals surface area contributed by atoms with Crippen molar-refractivity contribution in [2.24, 2.45) is 0 Å². The Balaban J connectivity index is 0.000000539. The summed E-state index contributed by atoms with van der Waals surface area (Å²) in [6, 6.07) is 9.05. The molecule has 0 spiro atoms. The van der Waals surface area contributed by atoms with Gasteiger partial charge in [0.2, 0.25) is 0 Å². The van der Waals surface area contributed by atoms with Crippen LogP contribution in [-0.4, -0.2) is 35.0 Å². The molecule has 0 atom stereocenters. The molecule has 0 amide bonds. The zero-order chi connectivity index (χ0) is 19.1. The van der Waals surface area contributed by atoms with Gasteiger partial charge in [-0.15, -0.1) is 5.75 Å². The van der Waals surface area contributed by atoms with Gasteiger partial charge in [0.1, 0.15) is 23.1 Å². The third kappa shape index (κ3) is 5.38. The molecule has 0 unspecified atom stereocenters. The first kappa shape index (κ1) is 29.3. The Morgan fingerprint density at radius 1 is 0.909 bits per heavy atom. The van der Waals surface area contributed by atoms with Gasteiger partial charge in [-0.3, -0.25) is 9.89 Å². The molecule has 0 saturated heterocycles. The summed E-state index contributed by atoms with van der Waals surface area (Å²) >= 11 is 0. The normalized spacial score (nSPS) is 9.45. The standard InChI is InChI=1S/2C8H5N5O.Cd.4H2O/c2*14-5-1-2-6-7(3-5)13-8(12-11-6)9-4-10-13;;;;;/h1-4H,(H,9,10,12,14);1-4,14H;;4*1H2/q;;+2;;;;/p+2. The first-order valence-electron chi connectivity index (χ1n) is 7.95. The SMILES string of the molecule is O=c1ccc2nnc3[n-]cnn3c-2c1.[Cd+2].[O-]c1ccc2nnc3nc[n-][n+]3c2c1.[OH3+].[OH3+].[OH3+].[OH3+]. The van der Waals surface area contributed by atoms with Crippen LogP contribution in [0.5, 0.6) is 5.75 Å². The van der Waals surface area contributed by atoms with Crippen LogP contribution in [0.1, 0.15) is 0 Å². The van der Waals surface area contributed by atoms with E-state index in [0.717, 1.165) is 0 Å². The fourth-order valence-corrected chi connectivity index (χ4v) is 2.66. The van der Waals surface area contributed by atoms with Crippen LogP contribution in [0.2, 0.25) is 0 Å². The van der Waals surface area contributed by atoms with Crippen molar-refractivity contribution >= 4 is 22.6 Å². The van der Waals surface area contributed by atoms with E-state index in [0.29, 0.717) is 34.0 Å². The zero-order valence-corrected chi connectivity index (χ0v) is 21.0. The number of aromatic nitrogens is 10. The van der Waals surface area contributed by atoms with Crippen LogP contribution in [0.15, 0.2) is 53.8 Å². The molecule has 2 aliphatic rings. The molecule has 6 rings (SSSR count). The van der Waals surface area contributed by atoms with E-state index >= 15 is 0 Å². The number of fused-ring (bicyclic) bond motifs is 6. The third-order valence-corrected chi connectivity index (χ3v) is 3.90. The van der Waals surface area contributed by atoms with Gasteiger partial charge in [0.05, 0.1) is 10.8 Å². The van der Waals surface area contributed by atoms with Gasteiger partial charge >= 0.3 is 33.1 Å². The van der Waals surface area contributed by atoms with Crippen LogP contribution >= 0.6 is 0 Å². The Bertz CT molecular complexity index is 1490. The minimum Gasteiger partial charge on any atom is -0.872 e. The predicted molar refractivity (Wildman–Crippen MR) is 110 cm³/mol. The van der Waals surface area contributed by atoms with E-state index in [1.165, 1.54) is 46.0 Å². The van der Waals surface area contributed by atoms with Crippen LogP contribution < -0.4 is 25.1 Å². The van der Waals surface area contributed by atoms with E-state index in [4.69, 9.17) is 0 Å². The quantitative estimate of drug-likeness (QED) is 0.0964. The van der Waals surface area contributed by atoms with Gasteiger partial charge in [-0.05, 0) is 24.3 Å². The molecule has 1 aromatic carbocycles. The van der Waals surface area contributed by atoms with E-state index in [1.807, 2.05) is 0 Å². The maximum atomic E-state index is 11.1. The van der Waals surface area contributed by atoms with Crippen molar-refractivity contribution in [1.82, 2.24) is 45.1 Å². The molecule has 17 heteroatoms. The second kappa shape index (κ2) is 11.8. The van der Waals surface area contributed by atoms with Crippen molar-refractivity contribution in [2.45, 2.75) is 0 Å². The number of hydrogen-bond donors (Lipinski definition) is 0. The Hall–Kier alpha value is -3.72. The van der Waals surface area contributed by atoms with E-state index in [-0.39, 0.29) is 60.4 Å². The molecule has 1 aliphatic heterocycles. The fourth-order valence-electron chi connectivity index (χ4n) is 2.66. The van der Waals surface area contributed by atoms with Gasteiger partial charge in [-0.2, -0.15) is 4.52 Å². The Labute approximate surface area is 202 Å². The topological polar surface area (TPSA) is 286 Å². The largest absolute Gasteiger partial charge is 2.00 e. The van der Waals surface area contributed by atoms with Gasteiger partial charge in [0.25, 0.3) is 0 Å². The number of nitrogens with zero attached hydrogens (tertiary/aromatic N) is 10. The summed E-state index contributed by atoms with van der Waals surface area (Å²) in [7, 11) is 0. The molecular formula is C16H20CdN10O6+4. The Morgan fingerprint density at radius 3 is 2.48 bits per heavy atom. The van der Waals surface area contributed by atoms with E-state index in [1.54, 1.807) is 12.1 Å². The third-order valence-electron chi connectivity index (χ3n) is 3.90. The molecule has 1 aliphatic carbocycles. The van der Waals surface area contributed by atoms with Crippen LogP contribution in [0.3, 0.4) is 0 Å². The second-order valence-electron chi connectivity index (χ2n) is 5.64. The fraction of sp³-hybridized carbons (Fsp3) is 0. The smallest absolute Gasteiger partial charge is 0.872 e. The minimum absolute atomic E-state index is 0. The summed E-state index contributed by atoms with van der Waals surface area (Å²) in [6.07, 6.45) is 2.75. The number of hydrogen-bond acceptors (Lipinski definition) is 8. The summed E-state index contributed by atoms with van der Waals surface area (Å²) in [5.41, 5.74) is 2.42. The summed E-state index contributed by atoms with van der Waals surface area (Å²) < 4.78 is 2.98. The van der Waals surface area contributed by atoms with Crippen molar-refractivity contribution in [3.63, 3.8) is 0 Å². The van der Waals surface area contributed by atoms with Gasteiger partial charge in [-0.1, -0.05) is 16.1 Å². The van der Waals surface area contributed by atoms with Crippen LogP contribution in [0, 0.1) is 0 Å². The van der Waals surface area contributed by atoms with Crippen molar-refractivity contribution in [3.8, 4) is 17.1 Å². The molecule has 12 N–H and O–H groups in total. The molecular weight excluding hydrogens is 541 g/mol. The molecule has 0 bridgehead atoms. The van der Waals surface area contributed by atoms with Gasteiger partial charge < -0.3 is 41.6 Å². The van der Waals surface area contributed by atoms with Crippen LogP contribution in [0.25, 0.3) is 34.0 Å². The number of benzene rings is 2. The summed E-state index contributed by atoms with van der Waals surface area (Å²) in [5.74, 6) is 0.702. The Kier molecular flexibility index (Phi) is 10.4. The molecule has 168 valence electrons. The van der Waals surface area contributed by atoms with E-state index in [9.17, 15) is 9.90 Å². The van der Waals surface area contributed by atoms with Crippen molar-refractivity contribution < 1.29 is 58.8 Å². The van der Waals surface area contributed by atoms with Crippen molar-refractivity contribution in [3.05, 3.63) is 59.3 Å². The predicted octanol–water partition coefficient (Wildman–Crippen LogP) is -5.35. The van der Waals surface area contributed by atoms with Gasteiger partial charge in [0, 0.05) is 18.1 Å². The zero-order valence-electron chi connectivity index (χ0n) is 16.9. The summed E-state index contributed by atoms with van der Waals surface area (Å²) in [4.78, 5) is 18.9. The maximum absolute atomic E-state index is 11.1. The number of rotatable bonds is 0. The average molecular weight is 561 g/mol. The summed E-state index contributed by atoms with van der Waals surface area (Å²) in [5, 5.41) is 34.5. The molecule has 3 aromatic heterocycles. The molecule has 0 fully saturated rings. The second-order valence-corrected chi connectivity index (χ2v) is 5.64. The molecule has 0 saturated carbocycles. The Morgan fingerprint density at radius 2 is 1.70 bits per heavy atom. The average Bonchev–Trinajstić information content (AvgIpc) is 3.38. The van der Waals surface area contributed by atoms with Crippen LogP contribution in [0.4, 0.5) is 0 Å². The van der Waals surface area contributed by atoms with Crippen molar-refractivity contribution in [2.75, 3.05) is 0 Å². The van der Waals surface area contributed by atoms with Gasteiger partial charge in [0.15, 0.2) is 5.43 Å². The molecule has 0 radical (unpaired) electrons. The van der Waals surface area contributed by atoms with Gasteiger partial charge in [-0.25, -0.2) is 10.2 Å². The van der Waals surface area contributed by atoms with E-state index < -0.39 is 0 Å². The molecule has 33 heavy (non-hydrogen) atoms. The molecule has 4 heterocycles. The minimum atomic E-state index is -0.0812. The van der Waals surface area contributed by atoms with Crippen molar-refractivity contribution in [1.29, 1.82) is 0 Å². The first-order valence-corrected chi connectivity index (χ1v) is 7.95. The summed E-state index contributed by atoms with van der Waals surface area (Å²) in [6.45, 7) is 0. The van der Waals surface area contributed by atoms with E-state index in [2.05, 4.69) is 40.6 Å². The molecule has 16 nitrogen and oxygen atoms in total. The van der Waals surface area contributed by atoms with Crippen LogP contribution in [-0.2, 0) is 49.2 Å². The monoisotopic (exact) mass is 562 g/mol. The molecule has 4 aromatic rings. The first-order chi connectivity index (χ1) is 13.7. The maximum Gasteiger partial charge on any atom is 2.00 e.